The van der Waals surface area contributed by atoms with Gasteiger partial charge in [-0.1, -0.05) is 82.7 Å². The van der Waals surface area contributed by atoms with E-state index in [9.17, 15) is 4.79 Å². The molecule has 3 rings (SSSR count). The molecule has 3 aromatic rings. The highest BCUT2D eigenvalue weighted by Crippen LogP contribution is 2.27. The summed E-state index contributed by atoms with van der Waals surface area (Å²) in [5.41, 5.74) is 5.44. The summed E-state index contributed by atoms with van der Waals surface area (Å²) in [6.07, 6.45) is 4.13. The van der Waals surface area contributed by atoms with Crippen molar-refractivity contribution in [1.82, 2.24) is 5.43 Å². The van der Waals surface area contributed by atoms with E-state index in [1.54, 1.807) is 0 Å². The topological polar surface area (TPSA) is 41.5 Å². The number of amides is 1. The SMILES string of the molecule is CC(/C=C/c1ccccc1)=N/NC(=O)Cc1ccc(Br)c2ccccc12. The maximum atomic E-state index is 12.3. The molecule has 1 amide bonds. The number of rotatable bonds is 5. The lowest BCUT2D eigenvalue weighted by Gasteiger charge is -2.07. The highest BCUT2D eigenvalue weighted by atomic mass is 79.9. The lowest BCUT2D eigenvalue weighted by atomic mass is 10.0. The van der Waals surface area contributed by atoms with Crippen LogP contribution in [0.25, 0.3) is 16.8 Å². The van der Waals surface area contributed by atoms with E-state index in [-0.39, 0.29) is 12.3 Å². The Labute approximate surface area is 161 Å². The fourth-order valence-corrected chi connectivity index (χ4v) is 3.14. The van der Waals surface area contributed by atoms with Gasteiger partial charge in [-0.25, -0.2) is 5.43 Å². The van der Waals surface area contributed by atoms with Crippen LogP contribution in [0.2, 0.25) is 0 Å². The second-order valence-electron chi connectivity index (χ2n) is 5.96. The van der Waals surface area contributed by atoms with Crippen LogP contribution >= 0.6 is 15.9 Å². The van der Waals surface area contributed by atoms with Gasteiger partial charge in [0.1, 0.15) is 0 Å². The van der Waals surface area contributed by atoms with Crippen molar-refractivity contribution in [2.75, 3.05) is 0 Å². The average molecular weight is 407 g/mol. The Morgan fingerprint density at radius 2 is 1.69 bits per heavy atom. The predicted molar refractivity (Wildman–Crippen MR) is 112 cm³/mol. The van der Waals surface area contributed by atoms with Crippen molar-refractivity contribution < 1.29 is 4.79 Å². The maximum Gasteiger partial charge on any atom is 0.244 e. The van der Waals surface area contributed by atoms with Crippen molar-refractivity contribution in [3.05, 3.63) is 88.4 Å². The molecular formula is C22H19BrN2O. The van der Waals surface area contributed by atoms with Crippen molar-refractivity contribution in [3.63, 3.8) is 0 Å². The number of hydrogen-bond acceptors (Lipinski definition) is 2. The predicted octanol–water partition coefficient (Wildman–Crippen LogP) is 5.35. The summed E-state index contributed by atoms with van der Waals surface area (Å²) < 4.78 is 1.03. The summed E-state index contributed by atoms with van der Waals surface area (Å²) >= 11 is 3.55. The Morgan fingerprint density at radius 3 is 2.46 bits per heavy atom. The average Bonchev–Trinajstić information content (AvgIpc) is 2.68. The van der Waals surface area contributed by atoms with Crippen molar-refractivity contribution in [2.24, 2.45) is 5.10 Å². The highest BCUT2D eigenvalue weighted by molar-refractivity contribution is 9.10. The first-order valence-corrected chi connectivity index (χ1v) is 9.15. The normalized spacial score (nSPS) is 11.8. The van der Waals surface area contributed by atoms with Crippen LogP contribution < -0.4 is 5.43 Å². The number of hydrogen-bond donors (Lipinski definition) is 1. The highest BCUT2D eigenvalue weighted by Gasteiger charge is 2.08. The molecule has 0 fully saturated rings. The molecule has 0 unspecified atom stereocenters. The quantitative estimate of drug-likeness (QED) is 0.450. The number of hydrazone groups is 1. The molecule has 0 aliphatic carbocycles. The van der Waals surface area contributed by atoms with E-state index in [1.165, 1.54) is 0 Å². The van der Waals surface area contributed by atoms with Crippen molar-refractivity contribution >= 4 is 44.4 Å². The van der Waals surface area contributed by atoms with E-state index in [4.69, 9.17) is 0 Å². The number of halogens is 1. The molecule has 0 aliphatic rings. The Kier molecular flexibility index (Phi) is 5.97. The molecule has 0 aliphatic heterocycles. The molecule has 3 aromatic carbocycles. The van der Waals surface area contributed by atoms with E-state index in [1.807, 2.05) is 85.8 Å². The Hall–Kier alpha value is -2.72. The van der Waals surface area contributed by atoms with E-state index in [0.717, 1.165) is 32.1 Å². The number of fused-ring (bicyclic) bond motifs is 1. The molecule has 26 heavy (non-hydrogen) atoms. The third-order valence-electron chi connectivity index (χ3n) is 3.99. The first-order chi connectivity index (χ1) is 12.6. The molecule has 0 aromatic heterocycles. The van der Waals surface area contributed by atoms with E-state index >= 15 is 0 Å². The Balaban J connectivity index is 1.66. The van der Waals surface area contributed by atoms with Crippen LogP contribution in [0.4, 0.5) is 0 Å². The number of allylic oxidation sites excluding steroid dienone is 1. The molecule has 130 valence electrons. The van der Waals surface area contributed by atoms with E-state index in [2.05, 4.69) is 26.5 Å². The zero-order chi connectivity index (χ0) is 18.4. The van der Waals surface area contributed by atoms with Gasteiger partial charge in [-0.15, -0.1) is 0 Å². The molecule has 0 bridgehead atoms. The summed E-state index contributed by atoms with van der Waals surface area (Å²) in [6, 6.07) is 22.0. The zero-order valence-electron chi connectivity index (χ0n) is 14.4. The lowest BCUT2D eigenvalue weighted by Crippen LogP contribution is -2.20. The molecular weight excluding hydrogens is 388 g/mol. The van der Waals surface area contributed by atoms with Gasteiger partial charge in [0.15, 0.2) is 0 Å². The zero-order valence-corrected chi connectivity index (χ0v) is 16.0. The van der Waals surface area contributed by atoms with Gasteiger partial charge in [0.05, 0.1) is 12.1 Å². The molecule has 3 nitrogen and oxygen atoms in total. The Morgan fingerprint density at radius 1 is 1.00 bits per heavy atom. The maximum absolute atomic E-state index is 12.3. The minimum Gasteiger partial charge on any atom is -0.273 e. The number of benzene rings is 3. The van der Waals surface area contributed by atoms with Gasteiger partial charge < -0.3 is 0 Å². The first kappa shape index (κ1) is 18.1. The molecule has 1 N–H and O–H groups in total. The number of nitrogens with one attached hydrogen (secondary N) is 1. The second kappa shape index (κ2) is 8.59. The van der Waals surface area contributed by atoms with Gasteiger partial charge in [-0.3, -0.25) is 4.79 Å². The minimum atomic E-state index is -0.134. The number of nitrogens with zero attached hydrogens (tertiary/aromatic N) is 1. The van der Waals surface area contributed by atoms with Gasteiger partial charge in [-0.2, -0.15) is 5.10 Å². The van der Waals surface area contributed by atoms with Crippen molar-refractivity contribution in [3.8, 4) is 0 Å². The first-order valence-electron chi connectivity index (χ1n) is 8.36. The van der Waals surface area contributed by atoms with Crippen molar-refractivity contribution in [2.45, 2.75) is 13.3 Å². The van der Waals surface area contributed by atoms with Crippen LogP contribution in [0.5, 0.6) is 0 Å². The summed E-state index contributed by atoms with van der Waals surface area (Å²) in [4.78, 5) is 12.3. The van der Waals surface area contributed by atoms with Gasteiger partial charge in [-0.05, 0) is 41.0 Å². The monoisotopic (exact) mass is 406 g/mol. The van der Waals surface area contributed by atoms with Gasteiger partial charge in [0.25, 0.3) is 0 Å². The van der Waals surface area contributed by atoms with Crippen LogP contribution in [0.3, 0.4) is 0 Å². The fourth-order valence-electron chi connectivity index (χ4n) is 2.66. The third kappa shape index (κ3) is 4.67. The molecule has 0 saturated carbocycles. The van der Waals surface area contributed by atoms with E-state index in [0.29, 0.717) is 0 Å². The van der Waals surface area contributed by atoms with Crippen LogP contribution in [-0.2, 0) is 11.2 Å². The standard InChI is InChI=1S/C22H19BrN2O/c1-16(11-12-17-7-3-2-4-8-17)24-25-22(26)15-18-13-14-21(23)20-10-6-5-9-19(18)20/h2-14H,15H2,1H3,(H,25,26)/b12-11+,24-16-. The lowest BCUT2D eigenvalue weighted by molar-refractivity contribution is -0.120. The van der Waals surface area contributed by atoms with E-state index < -0.39 is 0 Å². The van der Waals surface area contributed by atoms with Crippen LogP contribution in [-0.4, -0.2) is 11.6 Å². The fraction of sp³-hybridized carbons (Fsp3) is 0.0909. The van der Waals surface area contributed by atoms with Crippen LogP contribution in [0.15, 0.2) is 82.4 Å². The smallest absolute Gasteiger partial charge is 0.244 e. The molecule has 0 spiro atoms. The number of carbonyl (C=O) groups is 1. The molecule has 0 heterocycles. The van der Waals surface area contributed by atoms with Gasteiger partial charge >= 0.3 is 0 Å². The molecule has 0 radical (unpaired) electrons. The minimum absolute atomic E-state index is 0.134. The Bertz CT molecular complexity index is 978. The summed E-state index contributed by atoms with van der Waals surface area (Å²) in [5.74, 6) is -0.134. The van der Waals surface area contributed by atoms with Gasteiger partial charge in [0, 0.05) is 4.47 Å². The largest absolute Gasteiger partial charge is 0.273 e. The van der Waals surface area contributed by atoms with Gasteiger partial charge in [0.2, 0.25) is 5.91 Å². The summed E-state index contributed by atoms with van der Waals surface area (Å²) in [5, 5.41) is 6.33. The van der Waals surface area contributed by atoms with Crippen LogP contribution in [0, 0.1) is 0 Å². The van der Waals surface area contributed by atoms with Crippen molar-refractivity contribution in [1.29, 1.82) is 0 Å². The summed E-state index contributed by atoms with van der Waals surface area (Å²) in [7, 11) is 0. The number of carbonyl (C=O) groups excluding carboxylic acids is 1. The molecule has 0 atom stereocenters. The summed E-state index contributed by atoms with van der Waals surface area (Å²) in [6.45, 7) is 1.86. The molecule has 0 saturated heterocycles. The third-order valence-corrected chi connectivity index (χ3v) is 4.68. The second-order valence-corrected chi connectivity index (χ2v) is 6.82. The van der Waals surface area contributed by atoms with Crippen LogP contribution in [0.1, 0.15) is 18.1 Å². The molecule has 4 heteroatoms.